The lowest BCUT2D eigenvalue weighted by Crippen LogP contribution is -2.10. The Morgan fingerprint density at radius 2 is 1.55 bits per heavy atom. The zero-order chi connectivity index (χ0) is 21.5. The minimum Gasteiger partial charge on any atom is -0.493 e. The average molecular weight is 416 g/mol. The van der Waals surface area contributed by atoms with Gasteiger partial charge < -0.3 is 23.8 Å². The fraction of sp³-hybridized carbons (Fsp3) is 0.240. The standard InChI is InChI=1S/C25H24N2O4/c1-27(2)7-5-6-15-8-17-19-11-24-25(31-14-30-24)12-21(19)26-13-20(17)18-10-23(29-4)22(28-3)9-16(15)18/h5-6,8-13H,7,14H2,1-4H3/b6-5+. The van der Waals surface area contributed by atoms with E-state index >= 15 is 0 Å². The van der Waals surface area contributed by atoms with Crippen LogP contribution in [-0.4, -0.2) is 51.5 Å². The largest absolute Gasteiger partial charge is 0.493 e. The maximum Gasteiger partial charge on any atom is 0.231 e. The molecule has 6 nitrogen and oxygen atoms in total. The topological polar surface area (TPSA) is 53.1 Å². The summed E-state index contributed by atoms with van der Waals surface area (Å²) in [4.78, 5) is 6.85. The molecule has 6 heteroatoms. The smallest absolute Gasteiger partial charge is 0.231 e. The van der Waals surface area contributed by atoms with E-state index < -0.39 is 0 Å². The van der Waals surface area contributed by atoms with Crippen LogP contribution < -0.4 is 18.9 Å². The van der Waals surface area contributed by atoms with Crippen LogP contribution in [-0.2, 0) is 0 Å². The molecule has 0 spiro atoms. The van der Waals surface area contributed by atoms with Gasteiger partial charge >= 0.3 is 0 Å². The molecule has 1 aliphatic heterocycles. The normalized spacial score (nSPS) is 13.2. The summed E-state index contributed by atoms with van der Waals surface area (Å²) in [6, 6.07) is 10.2. The van der Waals surface area contributed by atoms with Crippen molar-refractivity contribution in [2.75, 3.05) is 41.7 Å². The first kappa shape index (κ1) is 19.5. The Labute approximate surface area is 180 Å². The Morgan fingerprint density at radius 1 is 0.871 bits per heavy atom. The van der Waals surface area contributed by atoms with Crippen molar-refractivity contribution in [2.45, 2.75) is 0 Å². The van der Waals surface area contributed by atoms with Crippen molar-refractivity contribution in [3.05, 3.63) is 48.2 Å². The van der Waals surface area contributed by atoms with Gasteiger partial charge in [-0.15, -0.1) is 0 Å². The minimum absolute atomic E-state index is 0.238. The summed E-state index contributed by atoms with van der Waals surface area (Å²) < 4.78 is 22.3. The number of fused-ring (bicyclic) bond motifs is 6. The molecule has 1 aromatic heterocycles. The Morgan fingerprint density at radius 3 is 2.26 bits per heavy atom. The van der Waals surface area contributed by atoms with Crippen LogP contribution in [0.15, 0.2) is 42.6 Å². The highest BCUT2D eigenvalue weighted by Crippen LogP contribution is 2.42. The van der Waals surface area contributed by atoms with Gasteiger partial charge in [-0.2, -0.15) is 0 Å². The van der Waals surface area contributed by atoms with Gasteiger partial charge in [-0.25, -0.2) is 0 Å². The van der Waals surface area contributed by atoms with Crippen molar-refractivity contribution < 1.29 is 18.9 Å². The Hall–Kier alpha value is -3.51. The minimum atomic E-state index is 0.238. The van der Waals surface area contributed by atoms with Crippen LogP contribution in [0.3, 0.4) is 0 Å². The number of rotatable bonds is 5. The van der Waals surface area contributed by atoms with Crippen molar-refractivity contribution >= 4 is 38.5 Å². The van der Waals surface area contributed by atoms with Gasteiger partial charge in [0.2, 0.25) is 6.79 Å². The maximum absolute atomic E-state index is 5.63. The number of likely N-dealkylation sites (N-methyl/N-ethyl adjacent to an activating group) is 1. The molecule has 0 radical (unpaired) electrons. The van der Waals surface area contributed by atoms with Crippen molar-refractivity contribution in [3.8, 4) is 23.0 Å². The zero-order valence-corrected chi connectivity index (χ0v) is 18.1. The summed E-state index contributed by atoms with van der Waals surface area (Å²) in [7, 11) is 7.42. The van der Waals surface area contributed by atoms with Crippen molar-refractivity contribution in [1.29, 1.82) is 0 Å². The predicted molar refractivity (Wildman–Crippen MR) is 124 cm³/mol. The number of aromatic nitrogens is 1. The van der Waals surface area contributed by atoms with E-state index in [0.29, 0.717) is 11.5 Å². The molecular formula is C25H24N2O4. The Balaban J connectivity index is 1.86. The zero-order valence-electron chi connectivity index (χ0n) is 18.1. The lowest BCUT2D eigenvalue weighted by Gasteiger charge is -2.14. The van der Waals surface area contributed by atoms with E-state index in [4.69, 9.17) is 23.9 Å². The van der Waals surface area contributed by atoms with Gasteiger partial charge in [-0.3, -0.25) is 4.98 Å². The monoisotopic (exact) mass is 416 g/mol. The van der Waals surface area contributed by atoms with E-state index in [-0.39, 0.29) is 6.79 Å². The molecule has 0 amide bonds. The number of hydrogen-bond acceptors (Lipinski definition) is 6. The van der Waals surface area contributed by atoms with Crippen LogP contribution in [0.25, 0.3) is 38.5 Å². The molecule has 31 heavy (non-hydrogen) atoms. The lowest BCUT2D eigenvalue weighted by atomic mass is 9.95. The number of pyridine rings is 1. The van der Waals surface area contributed by atoms with Gasteiger partial charge in [-0.05, 0) is 60.1 Å². The third-order valence-corrected chi connectivity index (χ3v) is 5.60. The third kappa shape index (κ3) is 3.29. The molecule has 5 rings (SSSR count). The molecule has 0 unspecified atom stereocenters. The molecule has 2 heterocycles. The van der Waals surface area contributed by atoms with Crippen molar-refractivity contribution in [1.82, 2.24) is 9.88 Å². The summed E-state index contributed by atoms with van der Waals surface area (Å²) in [5.74, 6) is 2.88. The first-order chi connectivity index (χ1) is 15.1. The molecule has 0 aliphatic carbocycles. The van der Waals surface area contributed by atoms with Crippen LogP contribution in [0.1, 0.15) is 5.56 Å². The van der Waals surface area contributed by atoms with Crippen LogP contribution in [0.5, 0.6) is 23.0 Å². The lowest BCUT2D eigenvalue weighted by molar-refractivity contribution is 0.174. The predicted octanol–water partition coefficient (Wildman–Crippen LogP) is 4.86. The summed E-state index contributed by atoms with van der Waals surface area (Å²) in [5, 5.41) is 5.33. The van der Waals surface area contributed by atoms with Gasteiger partial charge in [0.05, 0.1) is 19.7 Å². The van der Waals surface area contributed by atoms with E-state index in [2.05, 4.69) is 37.2 Å². The van der Waals surface area contributed by atoms with Crippen molar-refractivity contribution in [2.24, 2.45) is 0 Å². The maximum atomic E-state index is 5.63. The van der Waals surface area contributed by atoms with Gasteiger partial charge in [-0.1, -0.05) is 12.2 Å². The highest BCUT2D eigenvalue weighted by molar-refractivity contribution is 6.19. The highest BCUT2D eigenvalue weighted by Gasteiger charge is 2.18. The molecule has 3 aromatic carbocycles. The summed E-state index contributed by atoms with van der Waals surface area (Å²) in [6.45, 7) is 1.09. The molecule has 0 N–H and O–H groups in total. The quantitative estimate of drug-likeness (QED) is 0.433. The van der Waals surface area contributed by atoms with E-state index in [1.54, 1.807) is 14.2 Å². The van der Waals surface area contributed by atoms with Crippen LogP contribution in [0.4, 0.5) is 0 Å². The molecule has 0 atom stereocenters. The summed E-state index contributed by atoms with van der Waals surface area (Å²) in [5.41, 5.74) is 1.98. The van der Waals surface area contributed by atoms with E-state index in [1.807, 2.05) is 30.5 Å². The van der Waals surface area contributed by atoms with Gasteiger partial charge in [0, 0.05) is 29.6 Å². The SMILES string of the molecule is COc1cc2c(/C=C/CN(C)C)cc3c4cc5c(cc4ncc3c2cc1OC)OCO5. The molecule has 158 valence electrons. The van der Waals surface area contributed by atoms with E-state index in [1.165, 1.54) is 0 Å². The van der Waals surface area contributed by atoms with Crippen molar-refractivity contribution in [3.63, 3.8) is 0 Å². The number of nitrogens with zero attached hydrogens (tertiary/aromatic N) is 2. The number of hydrogen-bond donors (Lipinski definition) is 0. The highest BCUT2D eigenvalue weighted by atomic mass is 16.7. The first-order valence-corrected chi connectivity index (χ1v) is 10.1. The molecule has 0 fully saturated rings. The Bertz CT molecular complexity index is 1340. The molecule has 4 aromatic rings. The number of methoxy groups -OCH3 is 2. The average Bonchev–Trinajstić information content (AvgIpc) is 3.23. The van der Waals surface area contributed by atoms with Gasteiger partial charge in [0.15, 0.2) is 23.0 Å². The van der Waals surface area contributed by atoms with Crippen LogP contribution in [0, 0.1) is 0 Å². The first-order valence-electron chi connectivity index (χ1n) is 10.1. The van der Waals surface area contributed by atoms with Crippen LogP contribution in [0.2, 0.25) is 0 Å². The fourth-order valence-electron chi connectivity index (χ4n) is 4.07. The molecule has 1 aliphatic rings. The molecule has 0 saturated carbocycles. The summed E-state index contributed by atoms with van der Waals surface area (Å²) >= 11 is 0. The molecule has 0 bridgehead atoms. The molecular weight excluding hydrogens is 392 g/mol. The second-order valence-corrected chi connectivity index (χ2v) is 7.83. The van der Waals surface area contributed by atoms with E-state index in [0.717, 1.165) is 56.1 Å². The van der Waals surface area contributed by atoms with Crippen LogP contribution >= 0.6 is 0 Å². The van der Waals surface area contributed by atoms with Gasteiger partial charge in [0.1, 0.15) is 0 Å². The van der Waals surface area contributed by atoms with Gasteiger partial charge in [0.25, 0.3) is 0 Å². The molecule has 0 saturated heterocycles. The fourth-order valence-corrected chi connectivity index (χ4v) is 4.07. The summed E-state index contributed by atoms with van der Waals surface area (Å²) in [6.07, 6.45) is 6.24. The second-order valence-electron chi connectivity index (χ2n) is 7.83. The second kappa shape index (κ2) is 7.63. The Kier molecular flexibility index (Phi) is 4.79. The third-order valence-electron chi connectivity index (χ3n) is 5.60. The van der Waals surface area contributed by atoms with E-state index in [9.17, 15) is 0 Å². The number of ether oxygens (including phenoxy) is 4. The number of benzene rings is 3.